The smallest absolute Gasteiger partial charge is 0.366 e. The number of alkyl halides is 3. The number of carbonyl (C=O) groups excluding carboxylic acids is 2. The molecule has 0 saturated heterocycles. The number of benzene rings is 2. The maximum Gasteiger partial charge on any atom is 0.435 e. The van der Waals surface area contributed by atoms with Crippen LogP contribution < -0.4 is 11.1 Å². The number of aromatic nitrogens is 3. The zero-order valence-corrected chi connectivity index (χ0v) is 22.9. The third kappa shape index (κ3) is 6.82. The molecule has 3 N–H and O–H groups in total. The van der Waals surface area contributed by atoms with Gasteiger partial charge in [0.15, 0.2) is 5.69 Å². The summed E-state index contributed by atoms with van der Waals surface area (Å²) in [7, 11) is 0. The summed E-state index contributed by atoms with van der Waals surface area (Å²) < 4.78 is 84.6. The van der Waals surface area contributed by atoms with Gasteiger partial charge in [0.1, 0.15) is 24.0 Å². The second kappa shape index (κ2) is 12.3. The van der Waals surface area contributed by atoms with E-state index >= 15 is 0 Å². The lowest BCUT2D eigenvalue weighted by atomic mass is 9.94. The summed E-state index contributed by atoms with van der Waals surface area (Å²) in [4.78, 5) is 29.4. The van der Waals surface area contributed by atoms with Crippen LogP contribution in [-0.2, 0) is 23.9 Å². The second-order valence-corrected chi connectivity index (χ2v) is 10.3. The molecule has 5 rings (SSSR count). The summed E-state index contributed by atoms with van der Waals surface area (Å²) >= 11 is 0. The number of nitrogens with two attached hydrogens (primary N) is 1. The molecule has 1 unspecified atom stereocenters. The molecule has 2 atom stereocenters. The number of rotatable bonds is 9. The Kier molecular flexibility index (Phi) is 8.56. The van der Waals surface area contributed by atoms with Crippen molar-refractivity contribution in [2.45, 2.75) is 43.9 Å². The largest absolute Gasteiger partial charge is 0.435 e. The Balaban J connectivity index is 1.50. The van der Waals surface area contributed by atoms with E-state index in [9.17, 15) is 35.9 Å². The van der Waals surface area contributed by atoms with Crippen LogP contribution in [0.3, 0.4) is 0 Å². The molecule has 0 fully saturated rings. The van der Waals surface area contributed by atoms with Gasteiger partial charge >= 0.3 is 6.18 Å². The highest BCUT2D eigenvalue weighted by atomic mass is 19.4. The van der Waals surface area contributed by atoms with Crippen molar-refractivity contribution in [3.63, 3.8) is 0 Å². The number of hydrogen-bond donors (Lipinski definition) is 2. The number of pyridine rings is 1. The van der Waals surface area contributed by atoms with E-state index in [1.165, 1.54) is 24.5 Å². The normalized spacial score (nSPS) is 15.4. The molecule has 0 radical (unpaired) electrons. The number of allylic oxidation sites excluding steroid dienone is 2. The molecule has 2 amide bonds. The summed E-state index contributed by atoms with van der Waals surface area (Å²) in [6, 6.07) is 8.48. The van der Waals surface area contributed by atoms with Gasteiger partial charge in [0.05, 0.1) is 17.3 Å². The molecule has 4 aromatic rings. The van der Waals surface area contributed by atoms with Gasteiger partial charge in [-0.05, 0) is 60.7 Å². The van der Waals surface area contributed by atoms with Crippen LogP contribution in [-0.4, -0.2) is 26.6 Å². The molecule has 0 saturated carbocycles. The molecule has 0 bridgehead atoms. The van der Waals surface area contributed by atoms with Crippen LogP contribution in [0.4, 0.5) is 26.3 Å². The Labute approximate surface area is 247 Å². The molecule has 0 aliphatic heterocycles. The second-order valence-electron chi connectivity index (χ2n) is 10.3. The summed E-state index contributed by atoms with van der Waals surface area (Å²) in [6.07, 6.45) is 2.23. The molecule has 2 heterocycles. The highest BCUT2D eigenvalue weighted by Gasteiger charge is 2.39. The van der Waals surface area contributed by atoms with Crippen LogP contribution in [0, 0.1) is 17.5 Å². The van der Waals surface area contributed by atoms with Gasteiger partial charge in [-0.15, -0.1) is 0 Å². The first kappa shape index (κ1) is 30.5. The number of primary amides is 1. The summed E-state index contributed by atoms with van der Waals surface area (Å²) in [5.74, 6) is -4.83. The van der Waals surface area contributed by atoms with Gasteiger partial charge in [0, 0.05) is 35.5 Å². The lowest BCUT2D eigenvalue weighted by Gasteiger charge is -2.22. The van der Waals surface area contributed by atoms with Crippen molar-refractivity contribution in [2.75, 3.05) is 0 Å². The lowest BCUT2D eigenvalue weighted by molar-refractivity contribution is -0.142. The predicted molar refractivity (Wildman–Crippen MR) is 147 cm³/mol. The molecule has 7 nitrogen and oxygen atoms in total. The maximum atomic E-state index is 14.2. The lowest BCUT2D eigenvalue weighted by Crippen LogP contribution is -2.34. The Hall–Kier alpha value is -4.94. The van der Waals surface area contributed by atoms with Gasteiger partial charge in [-0.3, -0.25) is 19.3 Å². The van der Waals surface area contributed by atoms with Crippen molar-refractivity contribution in [3.05, 3.63) is 119 Å². The quantitative estimate of drug-likeness (QED) is 0.178. The summed E-state index contributed by atoms with van der Waals surface area (Å²) in [5, 5.41) is 6.35. The first-order valence-electron chi connectivity index (χ1n) is 13.5. The fourth-order valence-corrected chi connectivity index (χ4v) is 5.29. The zero-order chi connectivity index (χ0) is 31.6. The van der Waals surface area contributed by atoms with Crippen LogP contribution in [0.1, 0.15) is 57.7 Å². The Morgan fingerprint density at radius 2 is 1.82 bits per heavy atom. The standard InChI is InChI=1S/C31H25F6N5O2/c32-20-10-17(11-21(33)14-20)12-26(28-22(6-3-9-39-28)19-7-8-25(34)23(13-19)30(38)44)40-27(43)16-42-15-24(18-4-1-2-5-18)29(41-42)31(35,36)37/h1,3-4,6-11,13-15,18,26H,2,5,12,16H2,(H2,38,44)(H,40,43)/t18?,26-/m0/s1. The van der Waals surface area contributed by atoms with Crippen LogP contribution >= 0.6 is 0 Å². The third-order valence-corrected chi connectivity index (χ3v) is 7.19. The van der Waals surface area contributed by atoms with E-state index < -0.39 is 65.2 Å². The fraction of sp³-hybridized carbons (Fsp3) is 0.226. The monoisotopic (exact) mass is 613 g/mol. The van der Waals surface area contributed by atoms with Gasteiger partial charge in [0.2, 0.25) is 5.91 Å². The van der Waals surface area contributed by atoms with Crippen molar-refractivity contribution in [1.82, 2.24) is 20.1 Å². The molecule has 0 spiro atoms. The molecule has 1 aliphatic rings. The summed E-state index contributed by atoms with van der Waals surface area (Å²) in [6.45, 7) is -0.599. The maximum absolute atomic E-state index is 14.2. The van der Waals surface area contributed by atoms with Crippen LogP contribution in [0.15, 0.2) is 73.1 Å². The van der Waals surface area contributed by atoms with E-state index in [0.29, 0.717) is 30.0 Å². The van der Waals surface area contributed by atoms with Crippen molar-refractivity contribution >= 4 is 11.8 Å². The number of halogens is 6. The molecule has 1 aliphatic carbocycles. The molecule has 44 heavy (non-hydrogen) atoms. The number of hydrogen-bond acceptors (Lipinski definition) is 4. The molecule has 13 heteroatoms. The average molecular weight is 614 g/mol. The average Bonchev–Trinajstić information content (AvgIpc) is 3.63. The van der Waals surface area contributed by atoms with Crippen molar-refractivity contribution in [3.8, 4) is 11.1 Å². The van der Waals surface area contributed by atoms with Gasteiger partial charge in [-0.1, -0.05) is 24.3 Å². The van der Waals surface area contributed by atoms with E-state index in [0.717, 1.165) is 22.9 Å². The Bertz CT molecular complexity index is 1730. The van der Waals surface area contributed by atoms with Gasteiger partial charge in [-0.25, -0.2) is 13.2 Å². The highest BCUT2D eigenvalue weighted by molar-refractivity contribution is 5.94. The zero-order valence-electron chi connectivity index (χ0n) is 22.9. The van der Waals surface area contributed by atoms with Crippen LogP contribution in [0.25, 0.3) is 11.1 Å². The molecular formula is C31H25F6N5O2. The summed E-state index contributed by atoms with van der Waals surface area (Å²) in [5.41, 5.74) is 4.77. The number of nitrogens with zero attached hydrogens (tertiary/aromatic N) is 3. The number of nitrogens with one attached hydrogen (secondary N) is 1. The van der Waals surface area contributed by atoms with Crippen LogP contribution in [0.5, 0.6) is 0 Å². The first-order valence-corrected chi connectivity index (χ1v) is 13.5. The first-order chi connectivity index (χ1) is 20.9. The fourth-order valence-electron chi connectivity index (χ4n) is 5.29. The van der Waals surface area contributed by atoms with E-state index in [2.05, 4.69) is 15.4 Å². The van der Waals surface area contributed by atoms with Crippen molar-refractivity contribution in [2.24, 2.45) is 5.73 Å². The minimum Gasteiger partial charge on any atom is -0.366 e. The number of amides is 2. The van der Waals surface area contributed by atoms with E-state index in [4.69, 9.17) is 5.73 Å². The highest BCUT2D eigenvalue weighted by Crippen LogP contribution is 2.38. The Morgan fingerprint density at radius 1 is 1.07 bits per heavy atom. The topological polar surface area (TPSA) is 103 Å². The predicted octanol–water partition coefficient (Wildman–Crippen LogP) is 6.01. The number of carbonyl (C=O) groups is 2. The van der Waals surface area contributed by atoms with Crippen molar-refractivity contribution in [1.29, 1.82) is 0 Å². The van der Waals surface area contributed by atoms with E-state index in [-0.39, 0.29) is 23.2 Å². The van der Waals surface area contributed by atoms with E-state index in [1.54, 1.807) is 24.3 Å². The van der Waals surface area contributed by atoms with E-state index in [1.807, 2.05) is 0 Å². The van der Waals surface area contributed by atoms with Gasteiger partial charge < -0.3 is 11.1 Å². The molecule has 228 valence electrons. The molecule has 2 aromatic heterocycles. The van der Waals surface area contributed by atoms with Gasteiger partial charge in [-0.2, -0.15) is 18.3 Å². The third-order valence-electron chi connectivity index (χ3n) is 7.19. The minimum absolute atomic E-state index is 0.0422. The van der Waals surface area contributed by atoms with Gasteiger partial charge in [0.25, 0.3) is 5.91 Å². The Morgan fingerprint density at radius 3 is 2.48 bits per heavy atom. The molecular weight excluding hydrogens is 588 g/mol. The van der Waals surface area contributed by atoms with Crippen LogP contribution in [0.2, 0.25) is 0 Å². The SMILES string of the molecule is NC(=O)c1cc(-c2cccnc2[C@H](Cc2cc(F)cc(F)c2)NC(=O)Cn2cc(C3C=CCC3)c(C(F)(F)F)n2)ccc1F. The van der Waals surface area contributed by atoms with Crippen molar-refractivity contribution < 1.29 is 35.9 Å². The minimum atomic E-state index is -4.74. The molecule has 2 aromatic carbocycles.